The van der Waals surface area contributed by atoms with E-state index >= 15 is 0 Å². The summed E-state index contributed by atoms with van der Waals surface area (Å²) >= 11 is 1.80. The van der Waals surface area contributed by atoms with E-state index in [4.69, 9.17) is 0 Å². The Hall–Kier alpha value is -0.220. The lowest BCUT2D eigenvalue weighted by molar-refractivity contribution is -0.133. The molecule has 2 rings (SSSR count). The Balaban J connectivity index is 1.90. The summed E-state index contributed by atoms with van der Waals surface area (Å²) < 4.78 is 0. The van der Waals surface area contributed by atoms with Gasteiger partial charge in [0.05, 0.1) is 11.4 Å². The third-order valence-corrected chi connectivity index (χ3v) is 5.02. The molecule has 0 aromatic carbocycles. The standard InChI is InChI=1S/C12H21NO2S/c1-9(14)10-4-2-6-13(8-10)12(15)11-5-3-7-16-11/h9-11,14H,2-8H2,1H3. The molecule has 0 bridgehead atoms. The molecule has 2 saturated heterocycles. The number of hydrogen-bond donors (Lipinski definition) is 1. The molecule has 2 aliphatic heterocycles. The van der Waals surface area contributed by atoms with Crippen molar-refractivity contribution in [3.63, 3.8) is 0 Å². The first-order valence-corrected chi connectivity index (χ1v) is 7.32. The third-order valence-electron chi connectivity index (χ3n) is 3.66. The molecule has 92 valence electrons. The van der Waals surface area contributed by atoms with Gasteiger partial charge in [0.2, 0.25) is 5.91 Å². The number of amides is 1. The van der Waals surface area contributed by atoms with Gasteiger partial charge in [-0.2, -0.15) is 0 Å². The second kappa shape index (κ2) is 5.41. The van der Waals surface area contributed by atoms with Gasteiger partial charge in [-0.3, -0.25) is 4.79 Å². The third kappa shape index (κ3) is 2.72. The molecule has 3 nitrogen and oxygen atoms in total. The number of rotatable bonds is 2. The van der Waals surface area contributed by atoms with Crippen LogP contribution in [0.15, 0.2) is 0 Å². The highest BCUT2D eigenvalue weighted by Gasteiger charge is 2.32. The molecule has 1 N–H and O–H groups in total. The lowest BCUT2D eigenvalue weighted by Crippen LogP contribution is -2.45. The fourth-order valence-electron chi connectivity index (χ4n) is 2.58. The number of carbonyl (C=O) groups is 1. The van der Waals surface area contributed by atoms with Crippen LogP contribution >= 0.6 is 11.8 Å². The van der Waals surface area contributed by atoms with Crippen LogP contribution in [0.25, 0.3) is 0 Å². The van der Waals surface area contributed by atoms with Gasteiger partial charge in [0.15, 0.2) is 0 Å². The minimum atomic E-state index is -0.285. The van der Waals surface area contributed by atoms with Crippen LogP contribution in [0.1, 0.15) is 32.6 Å². The summed E-state index contributed by atoms with van der Waals surface area (Å²) in [6.07, 6.45) is 4.03. The molecule has 0 saturated carbocycles. The first-order chi connectivity index (χ1) is 7.68. The van der Waals surface area contributed by atoms with E-state index in [0.717, 1.165) is 38.1 Å². The predicted molar refractivity (Wildman–Crippen MR) is 66.5 cm³/mol. The summed E-state index contributed by atoms with van der Waals surface area (Å²) in [6, 6.07) is 0. The number of likely N-dealkylation sites (tertiary alicyclic amines) is 1. The average Bonchev–Trinajstić information content (AvgIpc) is 2.81. The summed E-state index contributed by atoms with van der Waals surface area (Å²) in [7, 11) is 0. The highest BCUT2D eigenvalue weighted by molar-refractivity contribution is 8.00. The topological polar surface area (TPSA) is 40.5 Å². The summed E-state index contributed by atoms with van der Waals surface area (Å²) in [5.74, 6) is 1.72. The van der Waals surface area contributed by atoms with E-state index in [2.05, 4.69) is 0 Å². The van der Waals surface area contributed by atoms with E-state index in [9.17, 15) is 9.90 Å². The van der Waals surface area contributed by atoms with E-state index in [0.29, 0.717) is 5.91 Å². The number of aliphatic hydroxyl groups excluding tert-OH is 1. The highest BCUT2D eigenvalue weighted by Crippen LogP contribution is 2.29. The normalized spacial score (nSPS) is 32.8. The van der Waals surface area contributed by atoms with Crippen LogP contribution in [-0.4, -0.2) is 46.1 Å². The second-order valence-corrected chi connectivity index (χ2v) is 6.24. The molecule has 0 radical (unpaired) electrons. The molecule has 3 atom stereocenters. The molecule has 0 aromatic rings. The number of carbonyl (C=O) groups excluding carboxylic acids is 1. The maximum Gasteiger partial charge on any atom is 0.235 e. The number of thioether (sulfide) groups is 1. The SMILES string of the molecule is CC(O)C1CCCN(C(=O)C2CCCS2)C1. The molecule has 0 aromatic heterocycles. The van der Waals surface area contributed by atoms with Crippen LogP contribution in [0.5, 0.6) is 0 Å². The maximum atomic E-state index is 12.2. The van der Waals surface area contributed by atoms with Crippen LogP contribution in [-0.2, 0) is 4.79 Å². The molecule has 4 heteroatoms. The first kappa shape index (κ1) is 12.2. The Kier molecular flexibility index (Phi) is 4.14. The Morgan fingerprint density at radius 3 is 2.88 bits per heavy atom. The zero-order chi connectivity index (χ0) is 11.5. The Bertz CT molecular complexity index is 251. The van der Waals surface area contributed by atoms with Crippen LogP contribution in [0.3, 0.4) is 0 Å². The molecule has 2 fully saturated rings. The van der Waals surface area contributed by atoms with Gasteiger partial charge < -0.3 is 10.0 Å². The predicted octanol–water partition coefficient (Wildman–Crippen LogP) is 1.50. The molecule has 2 aliphatic rings. The van der Waals surface area contributed by atoms with Gasteiger partial charge >= 0.3 is 0 Å². The smallest absolute Gasteiger partial charge is 0.235 e. The van der Waals surface area contributed by atoms with Crippen LogP contribution < -0.4 is 0 Å². The lowest BCUT2D eigenvalue weighted by atomic mass is 9.93. The van der Waals surface area contributed by atoms with Crippen LogP contribution in [0, 0.1) is 5.92 Å². The fraction of sp³-hybridized carbons (Fsp3) is 0.917. The van der Waals surface area contributed by atoms with Crippen molar-refractivity contribution in [2.75, 3.05) is 18.8 Å². The average molecular weight is 243 g/mol. The van der Waals surface area contributed by atoms with Gasteiger partial charge in [-0.25, -0.2) is 0 Å². The highest BCUT2D eigenvalue weighted by atomic mass is 32.2. The van der Waals surface area contributed by atoms with Gasteiger partial charge in [0.1, 0.15) is 0 Å². The zero-order valence-electron chi connectivity index (χ0n) is 9.89. The van der Waals surface area contributed by atoms with Crippen molar-refractivity contribution in [3.8, 4) is 0 Å². The van der Waals surface area contributed by atoms with Crippen molar-refractivity contribution < 1.29 is 9.90 Å². The van der Waals surface area contributed by atoms with Crippen molar-refractivity contribution in [2.45, 2.75) is 44.0 Å². The van der Waals surface area contributed by atoms with E-state index in [1.54, 1.807) is 11.8 Å². The molecule has 0 aliphatic carbocycles. The van der Waals surface area contributed by atoms with Crippen molar-refractivity contribution in [1.82, 2.24) is 4.90 Å². The minimum absolute atomic E-state index is 0.202. The van der Waals surface area contributed by atoms with Crippen LogP contribution in [0.2, 0.25) is 0 Å². The molecule has 2 heterocycles. The molecular weight excluding hydrogens is 222 g/mol. The number of aliphatic hydroxyl groups is 1. The van der Waals surface area contributed by atoms with Gasteiger partial charge in [-0.15, -0.1) is 11.8 Å². The Morgan fingerprint density at radius 1 is 1.44 bits per heavy atom. The molecule has 16 heavy (non-hydrogen) atoms. The molecule has 0 spiro atoms. The maximum absolute atomic E-state index is 12.2. The van der Waals surface area contributed by atoms with Gasteiger partial charge in [0, 0.05) is 19.0 Å². The molecule has 1 amide bonds. The lowest BCUT2D eigenvalue weighted by Gasteiger charge is -2.35. The number of hydrogen-bond acceptors (Lipinski definition) is 3. The van der Waals surface area contributed by atoms with Gasteiger partial charge in [-0.05, 0) is 38.4 Å². The van der Waals surface area contributed by atoms with E-state index in [1.165, 1.54) is 6.42 Å². The summed E-state index contributed by atoms with van der Waals surface area (Å²) in [4.78, 5) is 14.2. The second-order valence-electron chi connectivity index (χ2n) is 4.93. The quantitative estimate of drug-likeness (QED) is 0.799. The monoisotopic (exact) mass is 243 g/mol. The molecule has 3 unspecified atom stereocenters. The van der Waals surface area contributed by atoms with E-state index in [-0.39, 0.29) is 17.3 Å². The van der Waals surface area contributed by atoms with Crippen molar-refractivity contribution in [3.05, 3.63) is 0 Å². The number of piperidine rings is 1. The van der Waals surface area contributed by atoms with Gasteiger partial charge in [-0.1, -0.05) is 0 Å². The first-order valence-electron chi connectivity index (χ1n) is 6.27. The van der Waals surface area contributed by atoms with E-state index < -0.39 is 0 Å². The largest absolute Gasteiger partial charge is 0.393 e. The summed E-state index contributed by atoms with van der Waals surface area (Å²) in [5, 5.41) is 9.80. The minimum Gasteiger partial charge on any atom is -0.393 e. The van der Waals surface area contributed by atoms with Crippen molar-refractivity contribution in [2.24, 2.45) is 5.92 Å². The van der Waals surface area contributed by atoms with Crippen LogP contribution in [0.4, 0.5) is 0 Å². The Labute approximate surface area is 102 Å². The van der Waals surface area contributed by atoms with Crippen molar-refractivity contribution in [1.29, 1.82) is 0 Å². The number of nitrogens with zero attached hydrogens (tertiary/aromatic N) is 1. The molecular formula is C12H21NO2S. The van der Waals surface area contributed by atoms with E-state index in [1.807, 2.05) is 11.8 Å². The summed E-state index contributed by atoms with van der Waals surface area (Å²) in [5.41, 5.74) is 0. The van der Waals surface area contributed by atoms with Gasteiger partial charge in [0.25, 0.3) is 0 Å². The van der Waals surface area contributed by atoms with Crippen molar-refractivity contribution >= 4 is 17.7 Å². The Morgan fingerprint density at radius 2 is 2.25 bits per heavy atom. The summed E-state index contributed by atoms with van der Waals surface area (Å²) in [6.45, 7) is 3.48. The fourth-order valence-corrected chi connectivity index (χ4v) is 3.82. The zero-order valence-corrected chi connectivity index (χ0v) is 10.7.